The molecule has 0 amide bonds. The summed E-state index contributed by atoms with van der Waals surface area (Å²) < 4.78 is 2.02. The van der Waals surface area contributed by atoms with Crippen molar-refractivity contribution in [3.05, 3.63) is 40.9 Å². The molecule has 74 valence electrons. The van der Waals surface area contributed by atoms with Gasteiger partial charge in [-0.2, -0.15) is 0 Å². The van der Waals surface area contributed by atoms with Crippen LogP contribution in [0.5, 0.6) is 0 Å². The first-order valence-corrected chi connectivity index (χ1v) is 4.69. The number of aromatic nitrogens is 1. The molecule has 0 spiro atoms. The molecule has 0 atom stereocenters. The minimum atomic E-state index is 0.944. The number of fused-ring (bicyclic) bond motifs is 1. The topological polar surface area (TPSA) is 22.0 Å². The summed E-state index contributed by atoms with van der Waals surface area (Å²) in [7, 11) is 1.96. The summed E-state index contributed by atoms with van der Waals surface area (Å²) in [4.78, 5) is 10.2. The van der Waals surface area contributed by atoms with E-state index >= 15 is 0 Å². The summed E-state index contributed by atoms with van der Waals surface area (Å²) in [5.41, 5.74) is 1.12. The van der Waals surface area contributed by atoms with Crippen LogP contribution in [0.4, 0.5) is 0 Å². The Morgan fingerprint density at radius 2 is 2.13 bits per heavy atom. The smallest absolute Gasteiger partial charge is 0.124 e. The molecule has 0 bridgehead atoms. The second-order valence-corrected chi connectivity index (χ2v) is 3.39. The molecule has 0 fully saturated rings. The number of nitrogens with zero attached hydrogens (tertiary/aromatic N) is 1. The number of hydrogen-bond donors (Lipinski definition) is 0. The lowest BCUT2D eigenvalue weighted by molar-refractivity contribution is 0.569. The van der Waals surface area contributed by atoms with Crippen molar-refractivity contribution in [1.29, 1.82) is 0 Å². The molecule has 0 aliphatic rings. The lowest BCUT2D eigenvalue weighted by atomic mass is 10.2. The van der Waals surface area contributed by atoms with E-state index in [9.17, 15) is 4.79 Å². The van der Waals surface area contributed by atoms with E-state index in [4.69, 9.17) is 0 Å². The molecule has 2 rings (SSSR count). The van der Waals surface area contributed by atoms with Crippen LogP contribution in [-0.4, -0.2) is 10.5 Å². The number of hydrogen-bond acceptors (Lipinski definition) is 1. The lowest BCUT2D eigenvalue weighted by Crippen LogP contribution is -2.25. The monoisotopic (exact) mass is 197 g/mol. The van der Waals surface area contributed by atoms with Gasteiger partial charge in [-0.15, -0.1) is 0 Å². The standard InChI is InChI=1S/C13H11NO/c1-10-11-6-3-4-7-13(11)14(2)12(10)8-5-9-15/h3-8H,1H2,2H3/b12-8+. The Hall–Kier alpha value is -2.05. The fourth-order valence-electron chi connectivity index (χ4n) is 1.82. The molecule has 1 aromatic carbocycles. The predicted molar refractivity (Wildman–Crippen MR) is 62.4 cm³/mol. The summed E-state index contributed by atoms with van der Waals surface area (Å²) in [5, 5.41) is 3.00. The van der Waals surface area contributed by atoms with Crippen molar-refractivity contribution >= 4 is 29.5 Å². The van der Waals surface area contributed by atoms with Gasteiger partial charge in [0.2, 0.25) is 0 Å². The van der Waals surface area contributed by atoms with Crippen LogP contribution in [-0.2, 0) is 11.8 Å². The average Bonchev–Trinajstić information content (AvgIpc) is 2.51. The zero-order chi connectivity index (χ0) is 10.8. The molecule has 0 aliphatic heterocycles. The van der Waals surface area contributed by atoms with E-state index in [0.29, 0.717) is 0 Å². The highest BCUT2D eigenvalue weighted by Gasteiger charge is 2.00. The minimum absolute atomic E-state index is 0.944. The number of aryl methyl sites for hydroxylation is 1. The Kier molecular flexibility index (Phi) is 2.28. The van der Waals surface area contributed by atoms with Crippen LogP contribution < -0.4 is 10.6 Å². The summed E-state index contributed by atoms with van der Waals surface area (Å²) >= 11 is 0. The molecular weight excluding hydrogens is 186 g/mol. The van der Waals surface area contributed by atoms with Gasteiger partial charge in [-0.05, 0) is 12.1 Å². The molecular formula is C13H11NO. The summed E-state index contributed by atoms with van der Waals surface area (Å²) in [5.74, 6) is 1.74. The van der Waals surface area contributed by atoms with Gasteiger partial charge < -0.3 is 4.57 Å². The van der Waals surface area contributed by atoms with Crippen LogP contribution in [0.1, 0.15) is 0 Å². The van der Waals surface area contributed by atoms with E-state index in [2.05, 4.69) is 6.58 Å². The molecule has 2 nitrogen and oxygen atoms in total. The first-order valence-electron chi connectivity index (χ1n) is 4.69. The number of allylic oxidation sites excluding steroid dienone is 1. The third kappa shape index (κ3) is 1.41. The van der Waals surface area contributed by atoms with E-state index in [1.54, 1.807) is 12.0 Å². The van der Waals surface area contributed by atoms with E-state index < -0.39 is 0 Å². The van der Waals surface area contributed by atoms with Gasteiger partial charge in [0, 0.05) is 34.6 Å². The predicted octanol–water partition coefficient (Wildman–Crippen LogP) is 0.757. The van der Waals surface area contributed by atoms with E-state index in [1.807, 2.05) is 35.9 Å². The second-order valence-electron chi connectivity index (χ2n) is 3.39. The molecule has 0 saturated heterocycles. The maximum Gasteiger partial charge on any atom is 0.124 e. The lowest BCUT2D eigenvalue weighted by Gasteiger charge is -1.94. The Bertz CT molecular complexity index is 658. The molecule has 0 aliphatic carbocycles. The van der Waals surface area contributed by atoms with Crippen molar-refractivity contribution in [1.82, 2.24) is 4.57 Å². The van der Waals surface area contributed by atoms with Crippen molar-refractivity contribution in [2.45, 2.75) is 0 Å². The normalized spacial score (nSPS) is 11.7. The molecule has 0 unspecified atom stereocenters. The van der Waals surface area contributed by atoms with Crippen LogP contribution in [0.3, 0.4) is 0 Å². The third-order valence-corrected chi connectivity index (χ3v) is 2.57. The zero-order valence-corrected chi connectivity index (χ0v) is 8.53. The fourth-order valence-corrected chi connectivity index (χ4v) is 1.82. The second kappa shape index (κ2) is 3.60. The van der Waals surface area contributed by atoms with Gasteiger partial charge in [0.1, 0.15) is 5.94 Å². The molecule has 0 N–H and O–H groups in total. The fraction of sp³-hybridized carbons (Fsp3) is 0.0769. The molecule has 2 aromatic rings. The Morgan fingerprint density at radius 1 is 1.40 bits per heavy atom. The zero-order valence-electron chi connectivity index (χ0n) is 8.53. The van der Waals surface area contributed by atoms with Crippen molar-refractivity contribution in [2.75, 3.05) is 0 Å². The molecule has 15 heavy (non-hydrogen) atoms. The Labute approximate surface area is 87.4 Å². The van der Waals surface area contributed by atoms with E-state index in [-0.39, 0.29) is 0 Å². The molecule has 2 heteroatoms. The van der Waals surface area contributed by atoms with Crippen LogP contribution in [0.2, 0.25) is 0 Å². The van der Waals surface area contributed by atoms with E-state index in [0.717, 1.165) is 21.5 Å². The molecule has 0 radical (unpaired) electrons. The Morgan fingerprint density at radius 3 is 2.80 bits per heavy atom. The largest absolute Gasteiger partial charge is 0.344 e. The van der Waals surface area contributed by atoms with Crippen molar-refractivity contribution < 1.29 is 4.79 Å². The SMILES string of the molecule is C=c1/c(=C\C=C=O)n(C)c2ccccc12. The van der Waals surface area contributed by atoms with Crippen molar-refractivity contribution in [3.63, 3.8) is 0 Å². The Balaban J connectivity index is 3.00. The van der Waals surface area contributed by atoms with Gasteiger partial charge in [0.15, 0.2) is 0 Å². The number of rotatable bonds is 1. The number of para-hydroxylation sites is 1. The first kappa shape index (κ1) is 9.50. The maximum atomic E-state index is 10.2. The highest BCUT2D eigenvalue weighted by molar-refractivity contribution is 5.81. The van der Waals surface area contributed by atoms with Crippen LogP contribution >= 0.6 is 0 Å². The van der Waals surface area contributed by atoms with Gasteiger partial charge in [0.05, 0.1) is 0 Å². The third-order valence-electron chi connectivity index (χ3n) is 2.57. The van der Waals surface area contributed by atoms with Crippen LogP contribution in [0.25, 0.3) is 23.6 Å². The summed E-state index contributed by atoms with van der Waals surface area (Å²) in [6, 6.07) is 8.03. The van der Waals surface area contributed by atoms with Gasteiger partial charge in [0.25, 0.3) is 0 Å². The quantitative estimate of drug-likeness (QED) is 0.618. The highest BCUT2D eigenvalue weighted by Crippen LogP contribution is 2.05. The molecule has 1 aromatic heterocycles. The highest BCUT2D eigenvalue weighted by atomic mass is 16.1. The van der Waals surface area contributed by atoms with Gasteiger partial charge >= 0.3 is 0 Å². The van der Waals surface area contributed by atoms with E-state index in [1.165, 1.54) is 6.08 Å². The van der Waals surface area contributed by atoms with Crippen LogP contribution in [0.15, 0.2) is 30.3 Å². The van der Waals surface area contributed by atoms with Crippen molar-refractivity contribution in [3.8, 4) is 0 Å². The van der Waals surface area contributed by atoms with Crippen LogP contribution in [0, 0.1) is 0 Å². The average molecular weight is 197 g/mol. The summed E-state index contributed by atoms with van der Waals surface area (Å²) in [6.07, 6.45) is 3.10. The molecule has 1 heterocycles. The van der Waals surface area contributed by atoms with Gasteiger partial charge in [-0.1, -0.05) is 24.8 Å². The summed E-state index contributed by atoms with van der Waals surface area (Å²) in [6.45, 7) is 4.02. The first-order chi connectivity index (χ1) is 7.25. The maximum absolute atomic E-state index is 10.2. The van der Waals surface area contributed by atoms with Gasteiger partial charge in [-0.3, -0.25) is 0 Å². The number of carbonyl (C=O) groups excluding carboxylic acids is 1. The molecule has 0 saturated carbocycles. The van der Waals surface area contributed by atoms with Crippen molar-refractivity contribution in [2.24, 2.45) is 7.05 Å². The number of benzene rings is 1. The minimum Gasteiger partial charge on any atom is -0.344 e. The van der Waals surface area contributed by atoms with Gasteiger partial charge in [-0.25, -0.2) is 4.79 Å².